The summed E-state index contributed by atoms with van der Waals surface area (Å²) in [6, 6.07) is 11.4. The van der Waals surface area contributed by atoms with Gasteiger partial charge in [0.2, 0.25) is 5.91 Å². The number of carboxylic acids is 4. The molecule has 19 heteroatoms. The molecule has 4 aromatic rings. The smallest absolute Gasteiger partial charge is 0.336 e. The summed E-state index contributed by atoms with van der Waals surface area (Å²) >= 11 is 0. The third-order valence-corrected chi connectivity index (χ3v) is 8.72. The molecule has 0 saturated heterocycles. The second-order valence-electron chi connectivity index (χ2n) is 12.5. The van der Waals surface area contributed by atoms with E-state index in [9.17, 15) is 58.8 Å². The highest BCUT2D eigenvalue weighted by Gasteiger charge is 2.28. The number of methoxy groups -OCH3 is 1. The lowest BCUT2D eigenvalue weighted by Gasteiger charge is -2.17. The van der Waals surface area contributed by atoms with Crippen molar-refractivity contribution in [2.75, 3.05) is 17.7 Å². The second-order valence-corrected chi connectivity index (χ2v) is 12.5. The van der Waals surface area contributed by atoms with Crippen molar-refractivity contribution in [3.63, 3.8) is 0 Å². The number of ether oxygens (including phenoxy) is 1. The molecule has 0 heterocycles. The van der Waals surface area contributed by atoms with E-state index in [-0.39, 0.29) is 34.5 Å². The molecule has 0 aliphatic heterocycles. The molecule has 4 amide bonds. The minimum absolute atomic E-state index is 0.0677. The van der Waals surface area contributed by atoms with Gasteiger partial charge in [-0.1, -0.05) is 13.8 Å². The number of aromatic carboxylic acids is 4. The van der Waals surface area contributed by atoms with Crippen LogP contribution in [0.15, 0.2) is 70.9 Å². The van der Waals surface area contributed by atoms with E-state index in [1.54, 1.807) is 6.92 Å². The van der Waals surface area contributed by atoms with Crippen molar-refractivity contribution in [2.24, 2.45) is 16.0 Å². The quantitative estimate of drug-likeness (QED) is 0.0629. The molecule has 0 aromatic heterocycles. The van der Waals surface area contributed by atoms with E-state index < -0.39 is 92.0 Å². The Morgan fingerprint density at radius 1 is 0.621 bits per heavy atom. The number of carbonyl (C=O) groups excluding carboxylic acids is 4. The summed E-state index contributed by atoms with van der Waals surface area (Å²) in [6.45, 7) is 5.27. The molecule has 0 spiro atoms. The summed E-state index contributed by atoms with van der Waals surface area (Å²) < 4.78 is 5.42. The number of hydrogen-bond acceptors (Lipinski definition) is 11. The molecule has 58 heavy (non-hydrogen) atoms. The van der Waals surface area contributed by atoms with Crippen LogP contribution in [0.4, 0.5) is 22.7 Å². The Kier molecular flexibility index (Phi) is 13.4. The summed E-state index contributed by atoms with van der Waals surface area (Å²) in [5.41, 5.74) is 1.86. The van der Waals surface area contributed by atoms with Gasteiger partial charge < -0.3 is 46.8 Å². The van der Waals surface area contributed by atoms with Crippen molar-refractivity contribution in [1.29, 1.82) is 0 Å². The number of nitrogens with two attached hydrogens (primary N) is 1. The van der Waals surface area contributed by atoms with Crippen LogP contribution < -0.4 is 26.4 Å². The number of carbonyl (C=O) groups is 8. The highest BCUT2D eigenvalue weighted by atomic mass is 16.5. The maximum absolute atomic E-state index is 13.5. The molecule has 9 N–H and O–H groups in total. The van der Waals surface area contributed by atoms with Crippen molar-refractivity contribution in [3.05, 3.63) is 111 Å². The highest BCUT2D eigenvalue weighted by Crippen LogP contribution is 2.35. The van der Waals surface area contributed by atoms with E-state index >= 15 is 0 Å². The Hall–Kier alpha value is -7.96. The SMILES string of the molecule is CCC(CC)NC(=O)c1cc(C(=O)O)c(C(=O)Nc2cc(C)c(/N=N/c3ccc(NC(=O)c4cc(C(=O)O)c(C(N)=O)cc4C(=O)O)cc3)cc2OC)cc1C(=O)O. The van der Waals surface area contributed by atoms with Crippen LogP contribution in [-0.2, 0) is 0 Å². The first kappa shape index (κ1) is 42.8. The van der Waals surface area contributed by atoms with Crippen LogP contribution in [0.5, 0.6) is 5.75 Å². The molecule has 0 atom stereocenters. The highest BCUT2D eigenvalue weighted by molar-refractivity contribution is 6.16. The topological polar surface area (TPSA) is 314 Å². The van der Waals surface area contributed by atoms with Gasteiger partial charge in [-0.15, -0.1) is 0 Å². The van der Waals surface area contributed by atoms with Gasteiger partial charge in [0.1, 0.15) is 5.75 Å². The molecule has 0 bridgehead atoms. The summed E-state index contributed by atoms with van der Waals surface area (Å²) in [5, 5.41) is 54.9. The largest absolute Gasteiger partial charge is 0.494 e. The summed E-state index contributed by atoms with van der Waals surface area (Å²) in [6.07, 6.45) is 1.09. The van der Waals surface area contributed by atoms with E-state index in [2.05, 4.69) is 26.2 Å². The van der Waals surface area contributed by atoms with E-state index in [1.165, 1.54) is 43.5 Å². The Labute approximate surface area is 328 Å². The molecule has 0 radical (unpaired) electrons. The van der Waals surface area contributed by atoms with Gasteiger partial charge in [-0.2, -0.15) is 10.2 Å². The molecule has 4 aromatic carbocycles. The molecule has 0 fully saturated rings. The van der Waals surface area contributed by atoms with Crippen LogP contribution in [0.1, 0.15) is 115 Å². The predicted octanol–water partition coefficient (Wildman–Crippen LogP) is 5.73. The number of benzene rings is 4. The molecular weight excluding hydrogens is 760 g/mol. The molecule has 0 aliphatic carbocycles. The van der Waals surface area contributed by atoms with E-state index in [0.29, 0.717) is 24.5 Å². The molecule has 4 rings (SSSR count). The van der Waals surface area contributed by atoms with Gasteiger partial charge in [0, 0.05) is 17.8 Å². The number of rotatable bonds is 16. The number of nitrogens with zero attached hydrogens (tertiary/aromatic N) is 2. The van der Waals surface area contributed by atoms with Gasteiger partial charge in [-0.3, -0.25) is 19.2 Å². The molecule has 300 valence electrons. The number of anilines is 2. The van der Waals surface area contributed by atoms with Crippen LogP contribution in [0, 0.1) is 6.92 Å². The zero-order valence-electron chi connectivity index (χ0n) is 31.2. The normalized spacial score (nSPS) is 10.8. The van der Waals surface area contributed by atoms with E-state index in [4.69, 9.17) is 10.5 Å². The van der Waals surface area contributed by atoms with Crippen molar-refractivity contribution in [2.45, 2.75) is 39.7 Å². The number of carboxylic acid groups (broad SMARTS) is 4. The average molecular weight is 797 g/mol. The first-order valence-corrected chi connectivity index (χ1v) is 17.1. The first-order chi connectivity index (χ1) is 27.4. The zero-order chi connectivity index (χ0) is 43.0. The number of amides is 4. The van der Waals surface area contributed by atoms with Crippen LogP contribution in [-0.4, -0.2) is 81.1 Å². The van der Waals surface area contributed by atoms with Gasteiger partial charge in [-0.05, 0) is 79.9 Å². The Morgan fingerprint density at radius 2 is 1.07 bits per heavy atom. The number of nitrogens with one attached hydrogen (secondary N) is 3. The van der Waals surface area contributed by atoms with Crippen molar-refractivity contribution >= 4 is 70.3 Å². The fourth-order valence-corrected chi connectivity index (χ4v) is 5.59. The van der Waals surface area contributed by atoms with Crippen LogP contribution in [0.3, 0.4) is 0 Å². The Balaban J connectivity index is 1.57. The number of aryl methyl sites for hydroxylation is 1. The molecule has 19 nitrogen and oxygen atoms in total. The molecule has 0 unspecified atom stereocenters. The van der Waals surface area contributed by atoms with Gasteiger partial charge in [0.15, 0.2) is 0 Å². The molecular formula is C39H36N6O13. The van der Waals surface area contributed by atoms with Gasteiger partial charge >= 0.3 is 23.9 Å². The van der Waals surface area contributed by atoms with Crippen LogP contribution in [0.25, 0.3) is 0 Å². The van der Waals surface area contributed by atoms with E-state index in [0.717, 1.165) is 18.2 Å². The Bertz CT molecular complexity index is 2400. The van der Waals surface area contributed by atoms with Crippen molar-refractivity contribution in [1.82, 2.24) is 5.32 Å². The van der Waals surface area contributed by atoms with Gasteiger partial charge in [0.25, 0.3) is 17.7 Å². The zero-order valence-corrected chi connectivity index (χ0v) is 31.2. The number of azo groups is 1. The third kappa shape index (κ3) is 9.63. The summed E-state index contributed by atoms with van der Waals surface area (Å²) in [4.78, 5) is 99.0. The number of primary amides is 1. The van der Waals surface area contributed by atoms with Gasteiger partial charge in [-0.25, -0.2) is 19.2 Å². The lowest BCUT2D eigenvalue weighted by Crippen LogP contribution is -2.35. The Morgan fingerprint density at radius 3 is 1.52 bits per heavy atom. The van der Waals surface area contributed by atoms with Crippen molar-refractivity contribution < 1.29 is 63.5 Å². The first-order valence-electron chi connectivity index (χ1n) is 17.1. The predicted molar refractivity (Wildman–Crippen MR) is 205 cm³/mol. The van der Waals surface area contributed by atoms with Crippen LogP contribution in [0.2, 0.25) is 0 Å². The van der Waals surface area contributed by atoms with Crippen LogP contribution >= 0.6 is 0 Å². The van der Waals surface area contributed by atoms with Crippen molar-refractivity contribution in [3.8, 4) is 5.75 Å². The fourth-order valence-electron chi connectivity index (χ4n) is 5.59. The van der Waals surface area contributed by atoms with E-state index in [1.807, 2.05) is 13.8 Å². The summed E-state index contributed by atoms with van der Waals surface area (Å²) in [5.74, 6) is -10.3. The average Bonchev–Trinajstić information content (AvgIpc) is 3.18. The lowest BCUT2D eigenvalue weighted by atomic mass is 9.96. The second kappa shape index (κ2) is 18.1. The minimum atomic E-state index is -1.60. The minimum Gasteiger partial charge on any atom is -0.494 e. The number of hydrogen-bond donors (Lipinski definition) is 8. The lowest BCUT2D eigenvalue weighted by molar-refractivity contribution is 0.0676. The fraction of sp³-hybridized carbons (Fsp3) is 0.179. The monoisotopic (exact) mass is 796 g/mol. The standard InChI is InChI=1S/C39H36N6O13/c1-5-18(6-2)41-33(47)23-14-28(39(56)57)24(15-27(23)38(54)55)35(49)43-30-11-17(3)29(16-31(30)58-4)45-44-20-9-7-19(8-10-20)42-34(48)22-13-25(36(50)51)21(32(40)46)12-26(22)37(52)53/h7-16,18H,5-6H2,1-4H3,(H2,40,46)(H,41,47)(H,42,48)(H,43,49)(H,50,51)(H,52,53)(H,54,55)(H,56,57)/b45-44+. The molecule has 0 aliphatic rings. The third-order valence-electron chi connectivity index (χ3n) is 8.72. The maximum atomic E-state index is 13.5. The van der Waals surface area contributed by atoms with Gasteiger partial charge in [0.05, 0.1) is 68.7 Å². The molecule has 0 saturated carbocycles. The summed E-state index contributed by atoms with van der Waals surface area (Å²) in [7, 11) is 1.29. The maximum Gasteiger partial charge on any atom is 0.336 e.